The van der Waals surface area contributed by atoms with Crippen LogP contribution in [0.2, 0.25) is 6.32 Å². The number of carbonyl (C=O) groups is 2. The van der Waals surface area contributed by atoms with Crippen LogP contribution in [0.25, 0.3) is 11.6 Å². The standard InChI is InChI=1S/C38H37BN2O6/c1-24-20-32-36(38(44)41(37(32)43)29-15-13-28(14-16-29)40-27-10-6-3-7-11-27)33-22-39(45)47-34(35(24)33)19-12-26(25-8-4-2-5-9-25)21-30-17-18-31(23-42)46-30/h2-11,13-18,21,32-34,36,40,42,45H,12,19-20,22-23H2,1H3/b26-21-/t32-,33+,34-,36-/m1/s1. The fourth-order valence-corrected chi connectivity index (χ4v) is 7.52. The minimum Gasteiger partial charge on any atom is -0.459 e. The van der Waals surface area contributed by atoms with Gasteiger partial charge in [-0.2, -0.15) is 0 Å². The molecule has 0 saturated carbocycles. The highest BCUT2D eigenvalue weighted by Gasteiger charge is 2.57. The number of fused-ring (bicyclic) bond motifs is 3. The Hall–Kier alpha value is -4.70. The van der Waals surface area contributed by atoms with E-state index < -0.39 is 25.1 Å². The molecule has 2 saturated heterocycles. The van der Waals surface area contributed by atoms with Crippen LogP contribution in [0.1, 0.15) is 43.3 Å². The number of aliphatic hydroxyl groups is 1. The fourth-order valence-electron chi connectivity index (χ4n) is 7.52. The van der Waals surface area contributed by atoms with Crippen molar-refractivity contribution in [2.75, 3.05) is 10.2 Å². The lowest BCUT2D eigenvalue weighted by molar-refractivity contribution is -0.122. The lowest BCUT2D eigenvalue weighted by atomic mass is 9.58. The minimum atomic E-state index is -1.04. The van der Waals surface area contributed by atoms with E-state index >= 15 is 0 Å². The summed E-state index contributed by atoms with van der Waals surface area (Å²) in [5.74, 6) is -0.567. The first-order chi connectivity index (χ1) is 22.9. The summed E-state index contributed by atoms with van der Waals surface area (Å²) in [5, 5.41) is 23.7. The van der Waals surface area contributed by atoms with Gasteiger partial charge >= 0.3 is 7.12 Å². The Bertz CT molecular complexity index is 1820. The molecule has 4 atom stereocenters. The number of hydrogen-bond donors (Lipinski definition) is 3. The summed E-state index contributed by atoms with van der Waals surface area (Å²) in [7, 11) is -1.04. The van der Waals surface area contributed by atoms with E-state index in [4.69, 9.17) is 9.07 Å². The van der Waals surface area contributed by atoms with Crippen molar-refractivity contribution >= 4 is 47.6 Å². The fraction of sp³-hybridized carbons (Fsp3) is 0.263. The van der Waals surface area contributed by atoms with Gasteiger partial charge in [0.1, 0.15) is 18.1 Å². The number of furan rings is 1. The Balaban J connectivity index is 1.12. The third-order valence-corrected chi connectivity index (χ3v) is 9.62. The average molecular weight is 629 g/mol. The Kier molecular flexibility index (Phi) is 8.69. The Morgan fingerprint density at radius 3 is 2.32 bits per heavy atom. The highest BCUT2D eigenvalue weighted by Crippen LogP contribution is 2.51. The number of anilines is 3. The summed E-state index contributed by atoms with van der Waals surface area (Å²) in [4.78, 5) is 29.3. The monoisotopic (exact) mass is 628 g/mol. The molecular formula is C38H37BN2O6. The molecule has 0 bridgehead atoms. The van der Waals surface area contributed by atoms with Crippen LogP contribution in [0.3, 0.4) is 0 Å². The zero-order chi connectivity index (χ0) is 32.5. The predicted molar refractivity (Wildman–Crippen MR) is 182 cm³/mol. The smallest absolute Gasteiger partial charge is 0.455 e. The van der Waals surface area contributed by atoms with Crippen molar-refractivity contribution in [3.63, 3.8) is 0 Å². The first-order valence-corrected chi connectivity index (χ1v) is 16.2. The maximum Gasteiger partial charge on any atom is 0.455 e. The number of nitrogens with one attached hydrogen (secondary N) is 1. The third kappa shape index (κ3) is 6.22. The van der Waals surface area contributed by atoms with Crippen LogP contribution in [0.4, 0.5) is 17.1 Å². The SMILES string of the molecule is CC1=C2[C@@H](CC/C(=C/c3ccc(CO)o3)c3ccccc3)OB(O)C[C@@H]2[C@@H]2C(=O)N(c3ccc(Nc4ccccc4)cc3)C(=O)[C@@H]2C1. The van der Waals surface area contributed by atoms with Gasteiger partial charge in [0, 0.05) is 11.4 Å². The zero-order valence-corrected chi connectivity index (χ0v) is 26.2. The van der Waals surface area contributed by atoms with Crippen molar-refractivity contribution in [1.29, 1.82) is 0 Å². The number of nitrogens with zero attached hydrogens (tertiary/aromatic N) is 1. The Morgan fingerprint density at radius 2 is 1.62 bits per heavy atom. The summed E-state index contributed by atoms with van der Waals surface area (Å²) >= 11 is 0. The van der Waals surface area contributed by atoms with Crippen molar-refractivity contribution in [3.05, 3.63) is 125 Å². The first-order valence-electron chi connectivity index (χ1n) is 16.2. The normalized spacial score (nSPS) is 22.8. The van der Waals surface area contributed by atoms with E-state index in [1.54, 1.807) is 18.2 Å². The molecule has 8 nitrogen and oxygen atoms in total. The number of benzene rings is 3. The van der Waals surface area contributed by atoms with E-state index in [0.717, 1.165) is 33.7 Å². The number of carbonyl (C=O) groups excluding carboxylic acids is 2. The van der Waals surface area contributed by atoms with Gasteiger partial charge in [-0.3, -0.25) is 14.5 Å². The van der Waals surface area contributed by atoms with Crippen molar-refractivity contribution in [3.8, 4) is 0 Å². The number of allylic oxidation sites excluding steroid dienone is 2. The second-order valence-corrected chi connectivity index (χ2v) is 12.6. The number of imide groups is 1. The summed E-state index contributed by atoms with van der Waals surface area (Å²) in [5.41, 5.74) is 6.52. The number of hydrogen-bond acceptors (Lipinski definition) is 7. The summed E-state index contributed by atoms with van der Waals surface area (Å²) < 4.78 is 11.9. The quantitative estimate of drug-likeness (QED) is 0.106. The highest BCUT2D eigenvalue weighted by atomic mass is 16.5. The van der Waals surface area contributed by atoms with E-state index in [-0.39, 0.29) is 30.7 Å². The largest absolute Gasteiger partial charge is 0.459 e. The maximum absolute atomic E-state index is 14.1. The van der Waals surface area contributed by atoms with Gasteiger partial charge in [-0.25, -0.2) is 0 Å². The predicted octanol–water partition coefficient (Wildman–Crippen LogP) is 6.86. The van der Waals surface area contributed by atoms with Gasteiger partial charge in [0.05, 0.1) is 23.6 Å². The molecule has 2 aliphatic heterocycles. The zero-order valence-electron chi connectivity index (χ0n) is 26.2. The molecule has 2 fully saturated rings. The molecule has 0 radical (unpaired) electrons. The van der Waals surface area contributed by atoms with Crippen molar-refractivity contribution < 1.29 is 28.8 Å². The molecular weight excluding hydrogens is 591 g/mol. The second kappa shape index (κ2) is 13.2. The molecule has 7 rings (SSSR count). The highest BCUT2D eigenvalue weighted by molar-refractivity contribution is 6.43. The van der Waals surface area contributed by atoms with Crippen LogP contribution < -0.4 is 10.2 Å². The summed E-state index contributed by atoms with van der Waals surface area (Å²) in [6.45, 7) is 1.86. The Morgan fingerprint density at radius 1 is 0.915 bits per heavy atom. The molecule has 47 heavy (non-hydrogen) atoms. The first kappa shape index (κ1) is 30.9. The summed E-state index contributed by atoms with van der Waals surface area (Å²) in [6, 6.07) is 30.8. The molecule has 4 aromatic rings. The molecule has 1 aromatic heterocycles. The molecule has 0 spiro atoms. The average Bonchev–Trinajstić information content (AvgIpc) is 3.65. The van der Waals surface area contributed by atoms with E-state index in [2.05, 4.69) is 5.32 Å². The van der Waals surface area contributed by atoms with Gasteiger partial charge < -0.3 is 24.5 Å². The molecule has 3 aliphatic rings. The van der Waals surface area contributed by atoms with E-state index in [1.807, 2.05) is 91.9 Å². The lowest BCUT2D eigenvalue weighted by Crippen LogP contribution is -2.46. The molecule has 3 heterocycles. The Labute approximate surface area is 274 Å². The lowest BCUT2D eigenvalue weighted by Gasteiger charge is -2.42. The number of para-hydroxylation sites is 1. The second-order valence-electron chi connectivity index (χ2n) is 12.6. The van der Waals surface area contributed by atoms with E-state index in [9.17, 15) is 19.7 Å². The number of aliphatic hydroxyl groups excluding tert-OH is 1. The third-order valence-electron chi connectivity index (χ3n) is 9.62. The van der Waals surface area contributed by atoms with Crippen molar-refractivity contribution in [2.24, 2.45) is 17.8 Å². The van der Waals surface area contributed by atoms with E-state index in [0.29, 0.717) is 36.5 Å². The minimum absolute atomic E-state index is 0.172. The van der Waals surface area contributed by atoms with Crippen LogP contribution in [0, 0.1) is 17.8 Å². The van der Waals surface area contributed by atoms with Gasteiger partial charge in [0.2, 0.25) is 11.8 Å². The number of amides is 2. The van der Waals surface area contributed by atoms with Crippen LogP contribution in [0.15, 0.2) is 113 Å². The maximum atomic E-state index is 14.1. The molecule has 238 valence electrons. The van der Waals surface area contributed by atoms with Gasteiger partial charge in [0.15, 0.2) is 0 Å². The topological polar surface area (TPSA) is 112 Å². The molecule has 1 aliphatic carbocycles. The van der Waals surface area contributed by atoms with Gasteiger partial charge in [-0.1, -0.05) is 54.1 Å². The van der Waals surface area contributed by atoms with Crippen LogP contribution in [-0.2, 0) is 20.9 Å². The van der Waals surface area contributed by atoms with Crippen LogP contribution in [0.5, 0.6) is 0 Å². The van der Waals surface area contributed by atoms with Gasteiger partial charge in [0.25, 0.3) is 0 Å². The van der Waals surface area contributed by atoms with Crippen LogP contribution in [-0.4, -0.2) is 35.2 Å². The van der Waals surface area contributed by atoms with Gasteiger partial charge in [-0.05, 0) is 110 Å². The van der Waals surface area contributed by atoms with Crippen molar-refractivity contribution in [1.82, 2.24) is 0 Å². The van der Waals surface area contributed by atoms with Crippen LogP contribution >= 0.6 is 0 Å². The molecule has 3 aromatic carbocycles. The molecule has 3 N–H and O–H groups in total. The molecule has 0 unspecified atom stereocenters. The number of rotatable bonds is 9. The summed E-state index contributed by atoms with van der Waals surface area (Å²) in [6.07, 6.45) is 3.53. The van der Waals surface area contributed by atoms with Gasteiger partial charge in [-0.15, -0.1) is 0 Å². The van der Waals surface area contributed by atoms with Crippen molar-refractivity contribution in [2.45, 2.75) is 45.2 Å². The molecule has 9 heteroatoms. The van der Waals surface area contributed by atoms with E-state index in [1.165, 1.54) is 4.90 Å². The molecule has 2 amide bonds.